The van der Waals surface area contributed by atoms with Crippen LogP contribution in [0.25, 0.3) is 0 Å². The van der Waals surface area contributed by atoms with Gasteiger partial charge >= 0.3 is 0 Å². The van der Waals surface area contributed by atoms with Crippen LogP contribution < -0.4 is 14.8 Å². The molecule has 1 unspecified atom stereocenters. The van der Waals surface area contributed by atoms with E-state index >= 15 is 0 Å². The van der Waals surface area contributed by atoms with Crippen LogP contribution in [-0.4, -0.2) is 64.4 Å². The Kier molecular flexibility index (Phi) is 6.53. The van der Waals surface area contributed by atoms with Gasteiger partial charge in [0.2, 0.25) is 5.91 Å². The first kappa shape index (κ1) is 19.8. The normalized spacial score (nSPS) is 19.2. The van der Waals surface area contributed by atoms with Crippen LogP contribution in [0.15, 0.2) is 23.1 Å². The lowest BCUT2D eigenvalue weighted by molar-refractivity contribution is -0.131. The van der Waals surface area contributed by atoms with E-state index in [1.807, 2.05) is 0 Å². The molecule has 1 N–H and O–H groups in total. The minimum absolute atomic E-state index is 0. The number of benzene rings is 1. The Morgan fingerprint density at radius 2 is 2.00 bits per heavy atom. The van der Waals surface area contributed by atoms with E-state index in [0.29, 0.717) is 24.7 Å². The SMILES string of the molecule is CN(C(=O)CCS(=O)(=O)c1ccc2c(c1)OCCO2)C1CCNC1.Cl. The van der Waals surface area contributed by atoms with Crippen LogP contribution in [0.5, 0.6) is 11.5 Å². The topological polar surface area (TPSA) is 84.9 Å². The Morgan fingerprint density at radius 3 is 2.68 bits per heavy atom. The predicted molar refractivity (Wildman–Crippen MR) is 95.4 cm³/mol. The third-order valence-corrected chi connectivity index (χ3v) is 6.15. The quantitative estimate of drug-likeness (QED) is 0.802. The summed E-state index contributed by atoms with van der Waals surface area (Å²) in [4.78, 5) is 14.0. The van der Waals surface area contributed by atoms with Crippen LogP contribution in [0, 0.1) is 0 Å². The molecule has 0 spiro atoms. The molecule has 9 heteroatoms. The Bertz CT molecular complexity index is 719. The highest BCUT2D eigenvalue weighted by Crippen LogP contribution is 2.32. The van der Waals surface area contributed by atoms with E-state index in [1.54, 1.807) is 18.0 Å². The number of sulfone groups is 1. The maximum atomic E-state index is 12.5. The molecule has 0 bridgehead atoms. The first-order valence-corrected chi connectivity index (χ1v) is 9.71. The minimum Gasteiger partial charge on any atom is -0.486 e. The van der Waals surface area contributed by atoms with Gasteiger partial charge in [0, 0.05) is 32.1 Å². The smallest absolute Gasteiger partial charge is 0.223 e. The zero-order valence-electron chi connectivity index (χ0n) is 14.1. The molecule has 0 radical (unpaired) electrons. The summed E-state index contributed by atoms with van der Waals surface area (Å²) < 4.78 is 35.8. The third-order valence-electron chi connectivity index (χ3n) is 4.43. The highest BCUT2D eigenvalue weighted by Gasteiger charge is 2.25. The van der Waals surface area contributed by atoms with E-state index in [0.717, 1.165) is 19.5 Å². The lowest BCUT2D eigenvalue weighted by atomic mass is 10.2. The number of ether oxygens (including phenoxy) is 2. The van der Waals surface area contributed by atoms with Crippen LogP contribution in [0.1, 0.15) is 12.8 Å². The van der Waals surface area contributed by atoms with Gasteiger partial charge in [-0.25, -0.2) is 8.42 Å². The summed E-state index contributed by atoms with van der Waals surface area (Å²) >= 11 is 0. The van der Waals surface area contributed by atoms with Gasteiger partial charge in [-0.15, -0.1) is 12.4 Å². The van der Waals surface area contributed by atoms with Gasteiger partial charge in [-0.2, -0.15) is 0 Å². The second-order valence-corrected chi connectivity index (χ2v) is 8.13. The lowest BCUT2D eigenvalue weighted by Gasteiger charge is -2.23. The summed E-state index contributed by atoms with van der Waals surface area (Å²) in [6.45, 7) is 2.50. The molecule has 2 heterocycles. The zero-order chi connectivity index (χ0) is 17.2. The van der Waals surface area contributed by atoms with Crippen molar-refractivity contribution < 1.29 is 22.7 Å². The number of carbonyl (C=O) groups is 1. The molecule has 1 aromatic rings. The summed E-state index contributed by atoms with van der Waals surface area (Å²) in [6, 6.07) is 4.71. The predicted octanol–water partition coefficient (Wildman–Crippen LogP) is 0.864. The third kappa shape index (κ3) is 4.56. The first-order valence-electron chi connectivity index (χ1n) is 8.06. The fraction of sp³-hybridized carbons (Fsp3) is 0.562. The number of likely N-dealkylation sites (N-methyl/N-ethyl adjacent to an activating group) is 1. The second-order valence-electron chi connectivity index (χ2n) is 6.03. The van der Waals surface area contributed by atoms with Crippen molar-refractivity contribution in [2.75, 3.05) is 39.1 Å². The molecule has 0 saturated carbocycles. The van der Waals surface area contributed by atoms with E-state index < -0.39 is 9.84 Å². The largest absolute Gasteiger partial charge is 0.486 e. The van der Waals surface area contributed by atoms with Gasteiger partial charge in [-0.05, 0) is 25.1 Å². The lowest BCUT2D eigenvalue weighted by Crippen LogP contribution is -2.39. The van der Waals surface area contributed by atoms with Crippen molar-refractivity contribution in [3.8, 4) is 11.5 Å². The molecule has 1 atom stereocenters. The Morgan fingerprint density at radius 1 is 1.28 bits per heavy atom. The minimum atomic E-state index is -3.54. The molecule has 1 saturated heterocycles. The van der Waals surface area contributed by atoms with Crippen LogP contribution in [0.3, 0.4) is 0 Å². The van der Waals surface area contributed by atoms with E-state index in [-0.39, 0.29) is 41.4 Å². The van der Waals surface area contributed by atoms with Crippen LogP contribution in [0.4, 0.5) is 0 Å². The molecule has 1 aromatic carbocycles. The van der Waals surface area contributed by atoms with Crippen molar-refractivity contribution in [2.45, 2.75) is 23.8 Å². The van der Waals surface area contributed by atoms with Gasteiger partial charge in [0.25, 0.3) is 0 Å². The standard InChI is InChI=1S/C16H22N2O5S.ClH/c1-18(12-4-6-17-11-12)16(19)5-9-24(20,21)13-2-3-14-15(10-13)23-8-7-22-14;/h2-3,10,12,17H,4-9,11H2,1H3;1H. The Labute approximate surface area is 154 Å². The van der Waals surface area contributed by atoms with Crippen LogP contribution in [0.2, 0.25) is 0 Å². The summed E-state index contributed by atoms with van der Waals surface area (Å²) in [5.41, 5.74) is 0. The van der Waals surface area contributed by atoms with E-state index in [9.17, 15) is 13.2 Å². The van der Waals surface area contributed by atoms with Crippen molar-refractivity contribution >= 4 is 28.2 Å². The van der Waals surface area contributed by atoms with Crippen LogP contribution in [-0.2, 0) is 14.6 Å². The van der Waals surface area contributed by atoms with Gasteiger partial charge in [-0.1, -0.05) is 0 Å². The van der Waals surface area contributed by atoms with E-state index in [4.69, 9.17) is 9.47 Å². The van der Waals surface area contributed by atoms with Gasteiger partial charge < -0.3 is 19.7 Å². The Hall–Kier alpha value is -1.51. The molecule has 7 nitrogen and oxygen atoms in total. The Balaban J connectivity index is 0.00000225. The first-order chi connectivity index (χ1) is 11.5. The van der Waals surface area contributed by atoms with Crippen molar-refractivity contribution in [2.24, 2.45) is 0 Å². The van der Waals surface area contributed by atoms with Crippen molar-refractivity contribution in [3.05, 3.63) is 18.2 Å². The molecule has 25 heavy (non-hydrogen) atoms. The summed E-state index contributed by atoms with van der Waals surface area (Å²) in [5, 5.41) is 3.20. The summed E-state index contributed by atoms with van der Waals surface area (Å²) in [5.74, 6) is 0.619. The van der Waals surface area contributed by atoms with Gasteiger partial charge in [0.05, 0.1) is 10.6 Å². The molecule has 0 aliphatic carbocycles. The average molecular weight is 391 g/mol. The van der Waals surface area contributed by atoms with Gasteiger partial charge in [-0.3, -0.25) is 4.79 Å². The fourth-order valence-electron chi connectivity index (χ4n) is 2.91. The highest BCUT2D eigenvalue weighted by atomic mass is 35.5. The molecule has 1 amide bonds. The summed E-state index contributed by atoms with van der Waals surface area (Å²) in [6.07, 6.45) is 0.876. The molecule has 3 rings (SSSR count). The second kappa shape index (κ2) is 8.25. The van der Waals surface area contributed by atoms with Crippen molar-refractivity contribution in [1.82, 2.24) is 10.2 Å². The van der Waals surface area contributed by atoms with Crippen molar-refractivity contribution in [3.63, 3.8) is 0 Å². The monoisotopic (exact) mass is 390 g/mol. The number of hydrogen-bond donors (Lipinski definition) is 1. The highest BCUT2D eigenvalue weighted by molar-refractivity contribution is 7.91. The maximum absolute atomic E-state index is 12.5. The van der Waals surface area contributed by atoms with Crippen molar-refractivity contribution in [1.29, 1.82) is 0 Å². The number of halogens is 1. The molecule has 2 aliphatic rings. The molecule has 2 aliphatic heterocycles. The zero-order valence-corrected chi connectivity index (χ0v) is 15.7. The van der Waals surface area contributed by atoms with Gasteiger partial charge in [0.1, 0.15) is 13.2 Å². The molecule has 1 fully saturated rings. The molecular weight excluding hydrogens is 368 g/mol. The number of carbonyl (C=O) groups excluding carboxylic acids is 1. The molecular formula is C16H23ClN2O5S. The van der Waals surface area contributed by atoms with E-state index in [2.05, 4.69) is 5.32 Å². The maximum Gasteiger partial charge on any atom is 0.223 e. The summed E-state index contributed by atoms with van der Waals surface area (Å²) in [7, 11) is -1.81. The number of rotatable bonds is 5. The number of fused-ring (bicyclic) bond motifs is 1. The van der Waals surface area contributed by atoms with E-state index in [1.165, 1.54) is 12.1 Å². The average Bonchev–Trinajstić information content (AvgIpc) is 3.13. The molecule has 0 aromatic heterocycles. The molecule has 140 valence electrons. The fourth-order valence-corrected chi connectivity index (χ4v) is 4.15. The number of hydrogen-bond acceptors (Lipinski definition) is 6. The number of nitrogens with one attached hydrogen (secondary N) is 1. The van der Waals surface area contributed by atoms with Crippen LogP contribution >= 0.6 is 12.4 Å². The number of nitrogens with zero attached hydrogens (tertiary/aromatic N) is 1. The number of amides is 1. The van der Waals surface area contributed by atoms with Gasteiger partial charge in [0.15, 0.2) is 21.3 Å².